The van der Waals surface area contributed by atoms with Crippen molar-refractivity contribution in [3.8, 4) is 22.9 Å². The third-order valence-electron chi connectivity index (χ3n) is 6.85. The topological polar surface area (TPSA) is 87.6 Å². The van der Waals surface area contributed by atoms with E-state index in [0.29, 0.717) is 17.8 Å². The lowest BCUT2D eigenvalue weighted by molar-refractivity contribution is -0.0495. The SMILES string of the molecule is COc1ccc(-c2nc(CN[C@@H]3C[C@H]3c3ccc(F)cc3)cc(C(=O)N3CCC(F)(F)CC3)n2)cc1O. The van der Waals surface area contributed by atoms with Crippen LogP contribution < -0.4 is 10.1 Å². The minimum absolute atomic E-state index is 0.0521. The van der Waals surface area contributed by atoms with Gasteiger partial charge in [0.05, 0.1) is 12.8 Å². The van der Waals surface area contributed by atoms with E-state index in [9.17, 15) is 23.1 Å². The Labute approximate surface area is 212 Å². The summed E-state index contributed by atoms with van der Waals surface area (Å²) in [5, 5.41) is 13.7. The molecule has 1 amide bonds. The number of methoxy groups -OCH3 is 1. The molecule has 2 heterocycles. The van der Waals surface area contributed by atoms with E-state index in [1.54, 1.807) is 30.3 Å². The molecule has 5 rings (SSSR count). The predicted octanol–water partition coefficient (Wildman–Crippen LogP) is 4.51. The number of nitrogens with zero attached hydrogens (tertiary/aromatic N) is 3. The Balaban J connectivity index is 1.37. The van der Waals surface area contributed by atoms with Crippen molar-refractivity contribution in [2.24, 2.45) is 0 Å². The highest BCUT2D eigenvalue weighted by atomic mass is 19.3. The highest BCUT2D eigenvalue weighted by Gasteiger charge is 2.38. The number of alkyl halides is 2. The first-order valence-electron chi connectivity index (χ1n) is 12.1. The number of piperidine rings is 1. The molecule has 2 fully saturated rings. The molecule has 2 aliphatic rings. The number of rotatable bonds is 7. The average molecular weight is 513 g/mol. The molecule has 0 spiro atoms. The zero-order valence-corrected chi connectivity index (χ0v) is 20.3. The van der Waals surface area contributed by atoms with E-state index in [4.69, 9.17) is 4.74 Å². The normalized spacial score (nSPS) is 20.5. The van der Waals surface area contributed by atoms with E-state index >= 15 is 0 Å². The maximum absolute atomic E-state index is 13.6. The van der Waals surface area contributed by atoms with Gasteiger partial charge >= 0.3 is 0 Å². The number of hydrogen-bond donors (Lipinski definition) is 2. The Kier molecular flexibility index (Phi) is 6.76. The number of phenols is 1. The predicted molar refractivity (Wildman–Crippen MR) is 130 cm³/mol. The molecule has 0 bridgehead atoms. The van der Waals surface area contributed by atoms with Gasteiger partial charge in [0.1, 0.15) is 11.5 Å². The van der Waals surface area contributed by atoms with Crippen molar-refractivity contribution in [2.75, 3.05) is 20.2 Å². The van der Waals surface area contributed by atoms with Gasteiger partial charge in [-0.25, -0.2) is 23.1 Å². The van der Waals surface area contributed by atoms with Gasteiger partial charge in [-0.05, 0) is 48.4 Å². The number of aromatic hydroxyl groups is 1. The molecule has 1 aliphatic heterocycles. The second-order valence-electron chi connectivity index (χ2n) is 9.48. The van der Waals surface area contributed by atoms with Crippen LogP contribution in [0.1, 0.15) is 46.9 Å². The molecule has 2 aromatic carbocycles. The van der Waals surface area contributed by atoms with Crippen LogP contribution in [0.5, 0.6) is 11.5 Å². The van der Waals surface area contributed by atoms with Crippen LogP contribution in [0.15, 0.2) is 48.5 Å². The lowest BCUT2D eigenvalue weighted by Crippen LogP contribution is -2.43. The Morgan fingerprint density at radius 3 is 2.54 bits per heavy atom. The van der Waals surface area contributed by atoms with Crippen LogP contribution in [0.2, 0.25) is 0 Å². The van der Waals surface area contributed by atoms with Gasteiger partial charge in [-0.1, -0.05) is 12.1 Å². The fourth-order valence-electron chi connectivity index (χ4n) is 4.59. The average Bonchev–Trinajstić information content (AvgIpc) is 3.67. The van der Waals surface area contributed by atoms with E-state index in [1.807, 2.05) is 0 Å². The molecule has 1 aliphatic carbocycles. The lowest BCUT2D eigenvalue weighted by atomic mass is 10.1. The molecule has 37 heavy (non-hydrogen) atoms. The van der Waals surface area contributed by atoms with Crippen LogP contribution in [-0.4, -0.2) is 58.0 Å². The van der Waals surface area contributed by atoms with Crippen LogP contribution in [0.4, 0.5) is 13.2 Å². The highest BCUT2D eigenvalue weighted by molar-refractivity contribution is 5.93. The number of benzene rings is 2. The van der Waals surface area contributed by atoms with Crippen LogP contribution in [0.3, 0.4) is 0 Å². The second-order valence-corrected chi connectivity index (χ2v) is 9.48. The van der Waals surface area contributed by atoms with Gasteiger partial charge in [0, 0.05) is 50.0 Å². The summed E-state index contributed by atoms with van der Waals surface area (Å²) in [6, 6.07) is 12.9. The molecular formula is C27H27F3N4O3. The number of halogens is 3. The first kappa shape index (κ1) is 25.0. The van der Waals surface area contributed by atoms with E-state index < -0.39 is 11.8 Å². The maximum Gasteiger partial charge on any atom is 0.272 e. The van der Waals surface area contributed by atoms with Gasteiger partial charge in [0.2, 0.25) is 0 Å². The van der Waals surface area contributed by atoms with Crippen molar-refractivity contribution < 1.29 is 27.8 Å². The first-order valence-corrected chi connectivity index (χ1v) is 12.1. The Hall–Kier alpha value is -3.66. The quantitative estimate of drug-likeness (QED) is 0.484. The monoisotopic (exact) mass is 512 g/mol. The second kappa shape index (κ2) is 10.0. The van der Waals surface area contributed by atoms with Gasteiger partial charge < -0.3 is 20.1 Å². The van der Waals surface area contributed by atoms with Crippen molar-refractivity contribution in [1.82, 2.24) is 20.2 Å². The number of likely N-dealkylation sites (tertiary alicyclic amines) is 1. The number of aromatic nitrogens is 2. The Bertz CT molecular complexity index is 1290. The minimum Gasteiger partial charge on any atom is -0.504 e. The zero-order chi connectivity index (χ0) is 26.2. The van der Waals surface area contributed by atoms with Crippen molar-refractivity contribution in [2.45, 2.75) is 43.7 Å². The summed E-state index contributed by atoms with van der Waals surface area (Å²) in [5.74, 6) is -2.80. The summed E-state index contributed by atoms with van der Waals surface area (Å²) >= 11 is 0. The van der Waals surface area contributed by atoms with E-state index in [1.165, 1.54) is 30.2 Å². The number of carbonyl (C=O) groups is 1. The molecule has 7 nitrogen and oxygen atoms in total. The van der Waals surface area contributed by atoms with Crippen molar-refractivity contribution >= 4 is 5.91 Å². The van der Waals surface area contributed by atoms with Crippen LogP contribution >= 0.6 is 0 Å². The zero-order valence-electron chi connectivity index (χ0n) is 20.3. The highest BCUT2D eigenvalue weighted by Crippen LogP contribution is 2.41. The molecule has 1 saturated heterocycles. The minimum atomic E-state index is -2.77. The van der Waals surface area contributed by atoms with Crippen molar-refractivity contribution in [3.63, 3.8) is 0 Å². The maximum atomic E-state index is 13.6. The number of phenolic OH excluding ortho intramolecular Hbond substituents is 1. The molecule has 1 saturated carbocycles. The van der Waals surface area contributed by atoms with Crippen LogP contribution in [-0.2, 0) is 6.54 Å². The molecule has 194 valence electrons. The van der Waals surface area contributed by atoms with Gasteiger partial charge in [0.15, 0.2) is 17.3 Å². The molecule has 0 radical (unpaired) electrons. The fourth-order valence-corrected chi connectivity index (χ4v) is 4.59. The summed E-state index contributed by atoms with van der Waals surface area (Å²) in [7, 11) is 1.44. The first-order chi connectivity index (χ1) is 17.7. The number of carbonyl (C=O) groups excluding carboxylic acids is 1. The Morgan fingerprint density at radius 2 is 1.86 bits per heavy atom. The smallest absolute Gasteiger partial charge is 0.272 e. The molecule has 10 heteroatoms. The van der Waals surface area contributed by atoms with Crippen LogP contribution in [0.25, 0.3) is 11.4 Å². The molecule has 1 aromatic heterocycles. The molecule has 0 unspecified atom stereocenters. The summed E-state index contributed by atoms with van der Waals surface area (Å²) in [6.45, 7) is 0.241. The Morgan fingerprint density at radius 1 is 1.14 bits per heavy atom. The molecular weight excluding hydrogens is 485 g/mol. The largest absolute Gasteiger partial charge is 0.504 e. The number of amides is 1. The van der Waals surface area contributed by atoms with Crippen molar-refractivity contribution in [1.29, 1.82) is 0 Å². The third kappa shape index (κ3) is 5.69. The number of ether oxygens (including phenoxy) is 1. The number of hydrogen-bond acceptors (Lipinski definition) is 6. The standard InChI is InChI=1S/C27H27F3N4O3/c1-37-24-7-4-17(12-23(24)35)25-32-19(15-31-21-14-20(21)16-2-5-18(28)6-3-16)13-22(33-25)26(36)34-10-8-27(29,30)9-11-34/h2-7,12-13,20-21,31,35H,8-11,14-15H2,1H3/t20-,21+/m0/s1. The third-order valence-corrected chi connectivity index (χ3v) is 6.85. The van der Waals surface area contributed by atoms with Gasteiger partial charge in [-0.15, -0.1) is 0 Å². The summed E-state index contributed by atoms with van der Waals surface area (Å²) in [5.41, 5.74) is 2.19. The fraction of sp³-hybridized carbons (Fsp3) is 0.370. The van der Waals surface area contributed by atoms with E-state index in [2.05, 4.69) is 15.3 Å². The summed E-state index contributed by atoms with van der Waals surface area (Å²) < 4.78 is 45.6. The molecule has 3 aromatic rings. The molecule has 2 atom stereocenters. The van der Waals surface area contributed by atoms with E-state index in [-0.39, 0.29) is 66.7 Å². The summed E-state index contributed by atoms with van der Waals surface area (Å²) in [4.78, 5) is 23.6. The molecule has 2 N–H and O–H groups in total. The van der Waals surface area contributed by atoms with Crippen LogP contribution in [0, 0.1) is 5.82 Å². The lowest BCUT2D eigenvalue weighted by Gasteiger charge is -2.31. The van der Waals surface area contributed by atoms with Crippen molar-refractivity contribution in [3.05, 3.63) is 71.3 Å². The number of nitrogens with one attached hydrogen (secondary N) is 1. The van der Waals surface area contributed by atoms with Gasteiger partial charge in [-0.3, -0.25) is 4.79 Å². The van der Waals surface area contributed by atoms with Gasteiger partial charge in [-0.2, -0.15) is 0 Å². The van der Waals surface area contributed by atoms with Gasteiger partial charge in [0.25, 0.3) is 11.8 Å². The van der Waals surface area contributed by atoms with E-state index in [0.717, 1.165) is 12.0 Å². The summed E-state index contributed by atoms with van der Waals surface area (Å²) in [6.07, 6.45) is 0.123.